The summed E-state index contributed by atoms with van der Waals surface area (Å²) in [7, 11) is 0. The van der Waals surface area contributed by atoms with Crippen molar-refractivity contribution in [3.05, 3.63) is 35.4 Å². The molecule has 0 amide bonds. The van der Waals surface area contributed by atoms with Crippen molar-refractivity contribution >= 4 is 0 Å². The van der Waals surface area contributed by atoms with E-state index in [0.717, 1.165) is 25.2 Å². The number of hydrogen-bond acceptors (Lipinski definition) is 3. The third-order valence-electron chi connectivity index (χ3n) is 3.98. The maximum atomic E-state index is 9.02. The molecule has 2 atom stereocenters. The number of rotatable bonds is 5. The predicted octanol–water partition coefficient (Wildman–Crippen LogP) is 2.69. The van der Waals surface area contributed by atoms with E-state index >= 15 is 0 Å². The number of nitrogens with one attached hydrogen (secondary N) is 1. The second kappa shape index (κ2) is 6.70. The smallest absolute Gasteiger partial charge is 0.0991 e. The Labute approximate surface area is 116 Å². The molecule has 0 bridgehead atoms. The zero-order chi connectivity index (χ0) is 13.7. The molecule has 1 aromatic carbocycles. The zero-order valence-electron chi connectivity index (χ0n) is 11.9. The maximum absolute atomic E-state index is 9.02. The van der Waals surface area contributed by atoms with E-state index < -0.39 is 0 Å². The van der Waals surface area contributed by atoms with Crippen LogP contribution in [0, 0.1) is 11.3 Å². The molecule has 0 saturated carbocycles. The number of nitrogens with zero attached hydrogens (tertiary/aromatic N) is 2. The second-order valence-electron chi connectivity index (χ2n) is 5.30. The van der Waals surface area contributed by atoms with Gasteiger partial charge in [-0.3, -0.25) is 4.90 Å². The van der Waals surface area contributed by atoms with Crippen molar-refractivity contribution in [2.75, 3.05) is 19.6 Å². The number of hydrogen-bond donors (Lipinski definition) is 1. The van der Waals surface area contributed by atoms with Crippen molar-refractivity contribution in [3.8, 4) is 6.07 Å². The number of benzene rings is 1. The van der Waals surface area contributed by atoms with Crippen LogP contribution < -0.4 is 5.32 Å². The van der Waals surface area contributed by atoms with Gasteiger partial charge in [0.15, 0.2) is 0 Å². The molecule has 0 spiro atoms. The predicted molar refractivity (Wildman–Crippen MR) is 77.8 cm³/mol. The molecule has 1 aromatic rings. The lowest BCUT2D eigenvalue weighted by Gasteiger charge is -2.34. The molecule has 1 heterocycles. The number of nitriles is 1. The van der Waals surface area contributed by atoms with Crippen molar-refractivity contribution in [1.82, 2.24) is 10.2 Å². The normalized spacial score (nSPS) is 20.4. The largest absolute Gasteiger partial charge is 0.315 e. The fourth-order valence-electron chi connectivity index (χ4n) is 2.93. The first-order chi connectivity index (χ1) is 9.26. The quantitative estimate of drug-likeness (QED) is 0.881. The maximum Gasteiger partial charge on any atom is 0.0991 e. The minimum atomic E-state index is 0.373. The molecule has 1 saturated heterocycles. The van der Waals surface area contributed by atoms with Gasteiger partial charge in [-0.15, -0.1) is 0 Å². The fraction of sp³-hybridized carbons (Fsp3) is 0.562. The Morgan fingerprint density at radius 2 is 2.37 bits per heavy atom. The molecule has 0 aromatic heterocycles. The summed E-state index contributed by atoms with van der Waals surface area (Å²) in [6.07, 6.45) is 2.39. The Kier molecular flexibility index (Phi) is 4.95. The van der Waals surface area contributed by atoms with E-state index in [0.29, 0.717) is 12.1 Å². The summed E-state index contributed by atoms with van der Waals surface area (Å²) in [5.41, 5.74) is 2.00. The Bertz CT molecular complexity index is 444. The van der Waals surface area contributed by atoms with Crippen LogP contribution in [0.15, 0.2) is 24.3 Å². The Balaban J connectivity index is 2.17. The van der Waals surface area contributed by atoms with Crippen molar-refractivity contribution in [2.45, 2.75) is 38.8 Å². The van der Waals surface area contributed by atoms with E-state index in [9.17, 15) is 0 Å². The minimum absolute atomic E-state index is 0.373. The summed E-state index contributed by atoms with van der Waals surface area (Å²) in [4.78, 5) is 2.58. The van der Waals surface area contributed by atoms with Crippen molar-refractivity contribution < 1.29 is 0 Å². The van der Waals surface area contributed by atoms with Crippen LogP contribution in [0.3, 0.4) is 0 Å². The fourth-order valence-corrected chi connectivity index (χ4v) is 2.93. The Morgan fingerprint density at radius 3 is 3.00 bits per heavy atom. The van der Waals surface area contributed by atoms with Gasteiger partial charge in [-0.1, -0.05) is 19.1 Å². The lowest BCUT2D eigenvalue weighted by atomic mass is 10.0. The highest BCUT2D eigenvalue weighted by molar-refractivity contribution is 5.34. The monoisotopic (exact) mass is 257 g/mol. The van der Waals surface area contributed by atoms with Crippen LogP contribution in [0.4, 0.5) is 0 Å². The van der Waals surface area contributed by atoms with Crippen LogP contribution in [0.25, 0.3) is 0 Å². The van der Waals surface area contributed by atoms with Gasteiger partial charge in [0.2, 0.25) is 0 Å². The molecule has 102 valence electrons. The van der Waals surface area contributed by atoms with Crippen molar-refractivity contribution in [2.24, 2.45) is 0 Å². The van der Waals surface area contributed by atoms with E-state index in [-0.39, 0.29) is 0 Å². The summed E-state index contributed by atoms with van der Waals surface area (Å²) in [5, 5.41) is 12.5. The Morgan fingerprint density at radius 1 is 1.53 bits per heavy atom. The third kappa shape index (κ3) is 3.34. The molecule has 1 aliphatic rings. The molecule has 3 heteroatoms. The van der Waals surface area contributed by atoms with Crippen LogP contribution >= 0.6 is 0 Å². The van der Waals surface area contributed by atoms with Gasteiger partial charge in [-0.05, 0) is 50.6 Å². The topological polar surface area (TPSA) is 39.1 Å². The summed E-state index contributed by atoms with van der Waals surface area (Å²) in [5.74, 6) is 0. The summed E-state index contributed by atoms with van der Waals surface area (Å²) < 4.78 is 0. The van der Waals surface area contributed by atoms with Gasteiger partial charge in [-0.2, -0.15) is 5.26 Å². The second-order valence-corrected chi connectivity index (χ2v) is 5.30. The van der Waals surface area contributed by atoms with E-state index in [1.54, 1.807) is 0 Å². The average molecular weight is 257 g/mol. The van der Waals surface area contributed by atoms with Gasteiger partial charge in [0.05, 0.1) is 11.6 Å². The lowest BCUT2D eigenvalue weighted by Crippen LogP contribution is -2.39. The highest BCUT2D eigenvalue weighted by Gasteiger charge is 2.26. The van der Waals surface area contributed by atoms with Crippen LogP contribution in [0.5, 0.6) is 0 Å². The SMILES string of the molecule is CCCN(C1CCNC1)C(C)c1cccc(C#N)c1. The summed E-state index contributed by atoms with van der Waals surface area (Å²) >= 11 is 0. The van der Waals surface area contributed by atoms with Gasteiger partial charge in [0.1, 0.15) is 0 Å². The van der Waals surface area contributed by atoms with Gasteiger partial charge >= 0.3 is 0 Å². The molecule has 1 N–H and O–H groups in total. The first-order valence-electron chi connectivity index (χ1n) is 7.22. The molecule has 1 fully saturated rings. The molecule has 0 aliphatic carbocycles. The van der Waals surface area contributed by atoms with E-state index in [1.165, 1.54) is 18.4 Å². The Hall–Kier alpha value is -1.37. The van der Waals surface area contributed by atoms with Crippen LogP contribution in [0.2, 0.25) is 0 Å². The molecule has 3 nitrogen and oxygen atoms in total. The molecule has 1 aliphatic heterocycles. The van der Waals surface area contributed by atoms with Crippen LogP contribution in [0.1, 0.15) is 43.9 Å². The molecular formula is C16H23N3. The van der Waals surface area contributed by atoms with Crippen molar-refractivity contribution in [1.29, 1.82) is 5.26 Å². The van der Waals surface area contributed by atoms with Crippen LogP contribution in [-0.4, -0.2) is 30.6 Å². The standard InChI is InChI=1S/C16H23N3/c1-3-9-19(16-7-8-18-12-16)13(2)15-6-4-5-14(10-15)11-17/h4-6,10,13,16,18H,3,7-9,12H2,1-2H3. The van der Waals surface area contributed by atoms with E-state index in [2.05, 4.69) is 36.2 Å². The molecule has 2 rings (SSSR count). The van der Waals surface area contributed by atoms with Crippen LogP contribution in [-0.2, 0) is 0 Å². The van der Waals surface area contributed by atoms with E-state index in [1.807, 2.05) is 18.2 Å². The molecular weight excluding hydrogens is 234 g/mol. The molecule has 0 radical (unpaired) electrons. The molecule has 19 heavy (non-hydrogen) atoms. The summed E-state index contributed by atoms with van der Waals surface area (Å²) in [6.45, 7) is 7.81. The summed E-state index contributed by atoms with van der Waals surface area (Å²) in [6, 6.07) is 11.2. The highest BCUT2D eigenvalue weighted by atomic mass is 15.2. The highest BCUT2D eigenvalue weighted by Crippen LogP contribution is 2.25. The first kappa shape index (κ1) is 14.0. The molecule has 2 unspecified atom stereocenters. The lowest BCUT2D eigenvalue weighted by molar-refractivity contribution is 0.153. The van der Waals surface area contributed by atoms with E-state index in [4.69, 9.17) is 5.26 Å². The van der Waals surface area contributed by atoms with Crippen molar-refractivity contribution in [3.63, 3.8) is 0 Å². The van der Waals surface area contributed by atoms with Gasteiger partial charge < -0.3 is 5.32 Å². The minimum Gasteiger partial charge on any atom is -0.315 e. The van der Waals surface area contributed by atoms with Gasteiger partial charge in [0, 0.05) is 18.6 Å². The zero-order valence-corrected chi connectivity index (χ0v) is 11.9. The van der Waals surface area contributed by atoms with Gasteiger partial charge in [0.25, 0.3) is 0 Å². The van der Waals surface area contributed by atoms with Gasteiger partial charge in [-0.25, -0.2) is 0 Å². The third-order valence-corrected chi connectivity index (χ3v) is 3.98. The average Bonchev–Trinajstić information content (AvgIpc) is 2.98. The first-order valence-corrected chi connectivity index (χ1v) is 7.22.